The fourth-order valence-corrected chi connectivity index (χ4v) is 3.20. The van der Waals surface area contributed by atoms with Crippen LogP contribution in [0, 0.1) is 13.8 Å². The van der Waals surface area contributed by atoms with Gasteiger partial charge in [0.05, 0.1) is 11.6 Å². The Morgan fingerprint density at radius 1 is 1.07 bits per heavy atom. The van der Waals surface area contributed by atoms with Gasteiger partial charge in [-0.2, -0.15) is 0 Å². The van der Waals surface area contributed by atoms with Gasteiger partial charge in [-0.15, -0.1) is 0 Å². The standard InChI is InChI=1S/C22H17ClO4/c1-13-10-14(2)20-17(11-13)19(24)22(21(27-20)18-4-3-9-25-18)26-12-15-5-7-16(23)8-6-15/h3-11H,12H2,1-2H3. The highest BCUT2D eigenvalue weighted by Gasteiger charge is 2.21. The molecule has 0 spiro atoms. The highest BCUT2D eigenvalue weighted by molar-refractivity contribution is 6.30. The number of aryl methyl sites for hydroxylation is 2. The first-order valence-corrected chi connectivity index (χ1v) is 8.90. The summed E-state index contributed by atoms with van der Waals surface area (Å²) in [5.41, 5.74) is 3.09. The Kier molecular flexibility index (Phi) is 4.50. The first kappa shape index (κ1) is 17.4. The monoisotopic (exact) mass is 380 g/mol. The zero-order valence-electron chi connectivity index (χ0n) is 14.9. The lowest BCUT2D eigenvalue weighted by molar-refractivity contribution is 0.296. The van der Waals surface area contributed by atoms with Gasteiger partial charge in [0.1, 0.15) is 12.2 Å². The van der Waals surface area contributed by atoms with E-state index in [2.05, 4.69) is 0 Å². The van der Waals surface area contributed by atoms with Gasteiger partial charge in [0.15, 0.2) is 5.76 Å². The molecule has 27 heavy (non-hydrogen) atoms. The molecule has 2 heterocycles. The van der Waals surface area contributed by atoms with Crippen LogP contribution >= 0.6 is 11.6 Å². The summed E-state index contributed by atoms with van der Waals surface area (Å²) in [6, 6.07) is 14.5. The fraction of sp³-hybridized carbons (Fsp3) is 0.136. The summed E-state index contributed by atoms with van der Waals surface area (Å²) in [5, 5.41) is 1.14. The number of benzene rings is 2. The number of fused-ring (bicyclic) bond motifs is 1. The molecule has 0 bridgehead atoms. The third kappa shape index (κ3) is 3.36. The third-order valence-corrected chi connectivity index (χ3v) is 4.57. The van der Waals surface area contributed by atoms with E-state index >= 15 is 0 Å². The number of hydrogen-bond acceptors (Lipinski definition) is 4. The predicted octanol–water partition coefficient (Wildman–Crippen LogP) is 5.90. The molecule has 4 nitrogen and oxygen atoms in total. The van der Waals surface area contributed by atoms with Crippen molar-refractivity contribution in [3.63, 3.8) is 0 Å². The van der Waals surface area contributed by atoms with E-state index in [-0.39, 0.29) is 17.8 Å². The van der Waals surface area contributed by atoms with Crippen LogP contribution in [0.3, 0.4) is 0 Å². The molecule has 0 radical (unpaired) electrons. The molecule has 0 amide bonds. The zero-order valence-corrected chi connectivity index (χ0v) is 15.7. The Hall–Kier alpha value is -2.98. The van der Waals surface area contributed by atoms with Crippen LogP contribution in [0.5, 0.6) is 5.75 Å². The lowest BCUT2D eigenvalue weighted by Crippen LogP contribution is -2.10. The number of furan rings is 1. The van der Waals surface area contributed by atoms with Crippen molar-refractivity contribution >= 4 is 22.6 Å². The molecule has 4 aromatic rings. The molecule has 0 unspecified atom stereocenters. The van der Waals surface area contributed by atoms with E-state index in [0.29, 0.717) is 27.5 Å². The van der Waals surface area contributed by atoms with Gasteiger partial charge in [0, 0.05) is 5.02 Å². The number of hydrogen-bond donors (Lipinski definition) is 0. The minimum Gasteiger partial charge on any atom is -0.481 e. The first-order chi connectivity index (χ1) is 13.0. The van der Waals surface area contributed by atoms with E-state index in [0.717, 1.165) is 16.7 Å². The van der Waals surface area contributed by atoms with Gasteiger partial charge in [0.25, 0.3) is 0 Å². The molecule has 0 aliphatic rings. The highest BCUT2D eigenvalue weighted by Crippen LogP contribution is 2.33. The minimum atomic E-state index is -0.219. The predicted molar refractivity (Wildman–Crippen MR) is 105 cm³/mol. The lowest BCUT2D eigenvalue weighted by atomic mass is 10.1. The molecule has 0 fully saturated rings. The number of ether oxygens (including phenoxy) is 1. The Morgan fingerprint density at radius 2 is 1.85 bits per heavy atom. The molecule has 0 atom stereocenters. The molecule has 5 heteroatoms. The Morgan fingerprint density at radius 3 is 2.56 bits per heavy atom. The van der Waals surface area contributed by atoms with Crippen molar-refractivity contribution in [2.24, 2.45) is 0 Å². The average molecular weight is 381 g/mol. The van der Waals surface area contributed by atoms with Gasteiger partial charge in [-0.25, -0.2) is 0 Å². The van der Waals surface area contributed by atoms with Crippen LogP contribution in [0.2, 0.25) is 5.02 Å². The van der Waals surface area contributed by atoms with Crippen LogP contribution in [0.15, 0.2) is 68.4 Å². The smallest absolute Gasteiger partial charge is 0.235 e. The van der Waals surface area contributed by atoms with Gasteiger partial charge in [0.2, 0.25) is 16.9 Å². The van der Waals surface area contributed by atoms with Crippen molar-refractivity contribution in [2.45, 2.75) is 20.5 Å². The fourth-order valence-electron chi connectivity index (χ4n) is 3.07. The summed E-state index contributed by atoms with van der Waals surface area (Å²) >= 11 is 5.92. The van der Waals surface area contributed by atoms with E-state index < -0.39 is 0 Å². The van der Waals surface area contributed by atoms with Crippen LogP contribution in [0.25, 0.3) is 22.5 Å². The largest absolute Gasteiger partial charge is 0.481 e. The second kappa shape index (κ2) is 6.97. The quantitative estimate of drug-likeness (QED) is 0.442. The molecule has 0 saturated carbocycles. The summed E-state index contributed by atoms with van der Waals surface area (Å²) in [6.07, 6.45) is 1.53. The molecule has 136 valence electrons. The van der Waals surface area contributed by atoms with E-state index in [4.69, 9.17) is 25.2 Å². The van der Waals surface area contributed by atoms with Crippen molar-refractivity contribution < 1.29 is 13.6 Å². The molecule has 4 rings (SSSR count). The van der Waals surface area contributed by atoms with Crippen molar-refractivity contribution in [1.82, 2.24) is 0 Å². The summed E-state index contributed by atoms with van der Waals surface area (Å²) in [4.78, 5) is 13.2. The molecule has 0 saturated heterocycles. The Bertz CT molecular complexity index is 1160. The second-order valence-corrected chi connectivity index (χ2v) is 6.88. The lowest BCUT2D eigenvalue weighted by Gasteiger charge is -2.12. The van der Waals surface area contributed by atoms with Gasteiger partial charge in [-0.05, 0) is 60.9 Å². The maximum atomic E-state index is 13.2. The summed E-state index contributed by atoms with van der Waals surface area (Å²) in [5.74, 6) is 0.871. The molecule has 0 aliphatic heterocycles. The maximum Gasteiger partial charge on any atom is 0.235 e. The molecule has 2 aromatic heterocycles. The van der Waals surface area contributed by atoms with E-state index in [1.54, 1.807) is 24.3 Å². The summed E-state index contributed by atoms with van der Waals surface area (Å²) < 4.78 is 17.4. The van der Waals surface area contributed by atoms with Crippen molar-refractivity contribution in [3.05, 3.63) is 86.7 Å². The first-order valence-electron chi connectivity index (χ1n) is 8.52. The topological polar surface area (TPSA) is 52.6 Å². The third-order valence-electron chi connectivity index (χ3n) is 4.32. The Labute approximate surface area is 160 Å². The molecular weight excluding hydrogens is 364 g/mol. The molecule has 2 aromatic carbocycles. The Balaban J connectivity index is 1.86. The molecule has 0 aliphatic carbocycles. The van der Waals surface area contributed by atoms with Crippen LogP contribution in [-0.4, -0.2) is 0 Å². The highest BCUT2D eigenvalue weighted by atomic mass is 35.5. The SMILES string of the molecule is Cc1cc(C)c2oc(-c3ccco3)c(OCc3ccc(Cl)cc3)c(=O)c2c1. The normalized spacial score (nSPS) is 11.1. The summed E-state index contributed by atoms with van der Waals surface area (Å²) in [6.45, 7) is 4.07. The van der Waals surface area contributed by atoms with Crippen molar-refractivity contribution in [3.8, 4) is 17.3 Å². The van der Waals surface area contributed by atoms with E-state index in [1.807, 2.05) is 38.1 Å². The maximum absolute atomic E-state index is 13.2. The number of rotatable bonds is 4. The van der Waals surface area contributed by atoms with E-state index in [1.165, 1.54) is 6.26 Å². The zero-order chi connectivity index (χ0) is 19.0. The van der Waals surface area contributed by atoms with Crippen LogP contribution < -0.4 is 10.2 Å². The van der Waals surface area contributed by atoms with Crippen LogP contribution in [0.4, 0.5) is 0 Å². The van der Waals surface area contributed by atoms with Crippen molar-refractivity contribution in [2.75, 3.05) is 0 Å². The summed E-state index contributed by atoms with van der Waals surface area (Å²) in [7, 11) is 0. The van der Waals surface area contributed by atoms with Crippen LogP contribution in [0.1, 0.15) is 16.7 Å². The number of halogens is 1. The van der Waals surface area contributed by atoms with E-state index in [9.17, 15) is 4.79 Å². The van der Waals surface area contributed by atoms with Crippen LogP contribution in [-0.2, 0) is 6.61 Å². The minimum absolute atomic E-state index is 0.136. The van der Waals surface area contributed by atoms with Gasteiger partial charge < -0.3 is 13.6 Å². The van der Waals surface area contributed by atoms with Gasteiger partial charge >= 0.3 is 0 Å². The second-order valence-electron chi connectivity index (χ2n) is 6.44. The average Bonchev–Trinajstić information content (AvgIpc) is 3.17. The molecular formula is C22H17ClO4. The molecule has 0 N–H and O–H groups in total. The van der Waals surface area contributed by atoms with Gasteiger partial charge in [-0.3, -0.25) is 4.79 Å². The van der Waals surface area contributed by atoms with Gasteiger partial charge in [-0.1, -0.05) is 29.8 Å². The van der Waals surface area contributed by atoms with Crippen molar-refractivity contribution in [1.29, 1.82) is 0 Å².